The molecule has 4 nitrogen and oxygen atoms in total. The lowest BCUT2D eigenvalue weighted by Crippen LogP contribution is -2.43. The zero-order chi connectivity index (χ0) is 11.8. The van der Waals surface area contributed by atoms with Gasteiger partial charge in [-0.05, 0) is 18.8 Å². The maximum absolute atomic E-state index is 11.4. The summed E-state index contributed by atoms with van der Waals surface area (Å²) in [5, 5.41) is 14.3. The Morgan fingerprint density at radius 2 is 2.19 bits per heavy atom. The van der Waals surface area contributed by atoms with E-state index in [4.69, 9.17) is 5.26 Å². The average Bonchev–Trinajstić information content (AvgIpc) is 2.28. The molecule has 0 aromatic rings. The van der Waals surface area contributed by atoms with Gasteiger partial charge < -0.3 is 10.6 Å². The zero-order valence-corrected chi connectivity index (χ0v) is 9.96. The molecule has 0 bridgehead atoms. The van der Waals surface area contributed by atoms with Crippen molar-refractivity contribution in [2.75, 3.05) is 13.1 Å². The number of carbonyl (C=O) groups excluding carboxylic acids is 1. The first-order valence-electron chi connectivity index (χ1n) is 6.11. The highest BCUT2D eigenvalue weighted by molar-refractivity contribution is 5.77. The van der Waals surface area contributed by atoms with Gasteiger partial charge in [0.1, 0.15) is 0 Å². The van der Waals surface area contributed by atoms with Crippen molar-refractivity contribution < 1.29 is 4.79 Å². The molecule has 1 saturated carbocycles. The maximum Gasteiger partial charge on any atom is 0.233 e. The number of amides is 1. The summed E-state index contributed by atoms with van der Waals surface area (Å²) < 4.78 is 0. The topological polar surface area (TPSA) is 64.9 Å². The van der Waals surface area contributed by atoms with E-state index < -0.39 is 0 Å². The molecule has 2 atom stereocenters. The van der Waals surface area contributed by atoms with Crippen molar-refractivity contribution in [2.45, 2.75) is 45.1 Å². The van der Waals surface area contributed by atoms with Crippen molar-refractivity contribution in [3.63, 3.8) is 0 Å². The molecule has 90 valence electrons. The Morgan fingerprint density at radius 3 is 2.88 bits per heavy atom. The summed E-state index contributed by atoms with van der Waals surface area (Å²) in [5.41, 5.74) is 0. The van der Waals surface area contributed by atoms with E-state index in [0.717, 1.165) is 0 Å². The smallest absolute Gasteiger partial charge is 0.233 e. The Hall–Kier alpha value is -1.08. The zero-order valence-electron chi connectivity index (χ0n) is 9.96. The molecular formula is C12H21N3O. The molecule has 0 radical (unpaired) electrons. The minimum absolute atomic E-state index is 0.00646. The van der Waals surface area contributed by atoms with Crippen LogP contribution in [0.5, 0.6) is 0 Å². The number of nitrogens with zero attached hydrogens (tertiary/aromatic N) is 1. The van der Waals surface area contributed by atoms with Gasteiger partial charge in [0.25, 0.3) is 0 Å². The predicted octanol–water partition coefficient (Wildman–Crippen LogP) is 1.18. The summed E-state index contributed by atoms with van der Waals surface area (Å²) in [5.74, 6) is 0.661. The molecule has 1 rings (SSSR count). The van der Waals surface area contributed by atoms with Gasteiger partial charge in [-0.1, -0.05) is 19.8 Å². The van der Waals surface area contributed by atoms with E-state index in [0.29, 0.717) is 31.5 Å². The maximum atomic E-state index is 11.4. The van der Waals surface area contributed by atoms with Gasteiger partial charge in [-0.25, -0.2) is 0 Å². The molecule has 0 saturated heterocycles. The number of nitriles is 1. The lowest BCUT2D eigenvalue weighted by atomic mass is 9.86. The summed E-state index contributed by atoms with van der Waals surface area (Å²) in [7, 11) is 0. The summed E-state index contributed by atoms with van der Waals surface area (Å²) in [6, 6.07) is 2.48. The highest BCUT2D eigenvalue weighted by atomic mass is 16.1. The lowest BCUT2D eigenvalue weighted by Gasteiger charge is -2.29. The predicted molar refractivity (Wildman–Crippen MR) is 62.7 cm³/mol. The van der Waals surface area contributed by atoms with Gasteiger partial charge in [-0.2, -0.15) is 5.26 Å². The molecule has 1 fully saturated rings. The van der Waals surface area contributed by atoms with Crippen LogP contribution in [-0.2, 0) is 4.79 Å². The van der Waals surface area contributed by atoms with Crippen LogP contribution < -0.4 is 10.6 Å². The van der Waals surface area contributed by atoms with E-state index in [1.807, 2.05) is 6.07 Å². The van der Waals surface area contributed by atoms with Gasteiger partial charge in [-0.15, -0.1) is 0 Å². The molecule has 0 spiro atoms. The molecule has 1 aliphatic carbocycles. The van der Waals surface area contributed by atoms with Gasteiger partial charge in [0.2, 0.25) is 5.91 Å². The van der Waals surface area contributed by atoms with Crippen molar-refractivity contribution >= 4 is 5.91 Å². The second-order valence-corrected chi connectivity index (χ2v) is 4.51. The molecule has 16 heavy (non-hydrogen) atoms. The Balaban J connectivity index is 2.13. The fourth-order valence-corrected chi connectivity index (χ4v) is 2.16. The quantitative estimate of drug-likeness (QED) is 0.688. The van der Waals surface area contributed by atoms with Crippen LogP contribution in [0.3, 0.4) is 0 Å². The lowest BCUT2D eigenvalue weighted by molar-refractivity contribution is -0.120. The molecule has 2 N–H and O–H groups in total. The van der Waals surface area contributed by atoms with Gasteiger partial charge in [0, 0.05) is 12.6 Å². The summed E-state index contributed by atoms with van der Waals surface area (Å²) in [4.78, 5) is 11.4. The number of hydrogen-bond donors (Lipinski definition) is 2. The first-order chi connectivity index (χ1) is 7.74. The van der Waals surface area contributed by atoms with E-state index in [1.165, 1.54) is 25.7 Å². The molecular weight excluding hydrogens is 202 g/mol. The van der Waals surface area contributed by atoms with E-state index >= 15 is 0 Å². The molecule has 0 heterocycles. The summed E-state index contributed by atoms with van der Waals surface area (Å²) >= 11 is 0. The summed E-state index contributed by atoms with van der Waals surface area (Å²) in [6.07, 6.45) is 5.39. The Bertz CT molecular complexity index is 259. The third-order valence-corrected chi connectivity index (χ3v) is 3.20. The number of hydrogen-bond acceptors (Lipinski definition) is 3. The highest BCUT2D eigenvalue weighted by Crippen LogP contribution is 2.23. The van der Waals surface area contributed by atoms with E-state index in [-0.39, 0.29) is 5.91 Å². The second-order valence-electron chi connectivity index (χ2n) is 4.51. The van der Waals surface area contributed by atoms with Crippen LogP contribution in [0.15, 0.2) is 0 Å². The van der Waals surface area contributed by atoms with Crippen LogP contribution >= 0.6 is 0 Å². The van der Waals surface area contributed by atoms with Crippen molar-refractivity contribution in [3.05, 3.63) is 0 Å². The largest absolute Gasteiger partial charge is 0.354 e. The van der Waals surface area contributed by atoms with Crippen LogP contribution in [0.1, 0.15) is 39.0 Å². The molecule has 1 aliphatic rings. The molecule has 0 aromatic heterocycles. The Kier molecular flexibility index (Phi) is 5.87. The van der Waals surface area contributed by atoms with Crippen LogP contribution in [0, 0.1) is 17.2 Å². The monoisotopic (exact) mass is 223 g/mol. The second kappa shape index (κ2) is 7.24. The minimum Gasteiger partial charge on any atom is -0.354 e. The fraction of sp³-hybridized carbons (Fsp3) is 0.833. The number of nitrogens with one attached hydrogen (secondary N) is 2. The molecule has 0 aromatic carbocycles. The van der Waals surface area contributed by atoms with Crippen LogP contribution in [0.25, 0.3) is 0 Å². The highest BCUT2D eigenvalue weighted by Gasteiger charge is 2.20. The molecule has 4 heteroatoms. The van der Waals surface area contributed by atoms with E-state index in [9.17, 15) is 4.79 Å². The number of rotatable bonds is 5. The molecule has 0 aliphatic heterocycles. The molecule has 1 amide bonds. The van der Waals surface area contributed by atoms with Gasteiger partial charge >= 0.3 is 0 Å². The van der Waals surface area contributed by atoms with Crippen LogP contribution in [0.4, 0.5) is 0 Å². The first-order valence-corrected chi connectivity index (χ1v) is 6.11. The van der Waals surface area contributed by atoms with Crippen molar-refractivity contribution in [1.82, 2.24) is 10.6 Å². The van der Waals surface area contributed by atoms with Crippen LogP contribution in [0.2, 0.25) is 0 Å². The van der Waals surface area contributed by atoms with E-state index in [1.54, 1.807) is 0 Å². The Labute approximate surface area is 97.4 Å². The third kappa shape index (κ3) is 4.63. The first kappa shape index (κ1) is 13.0. The summed E-state index contributed by atoms with van der Waals surface area (Å²) in [6.45, 7) is 3.07. The minimum atomic E-state index is -0.00646. The number of carbonyl (C=O) groups is 1. The van der Waals surface area contributed by atoms with Crippen molar-refractivity contribution in [2.24, 2.45) is 5.92 Å². The third-order valence-electron chi connectivity index (χ3n) is 3.20. The van der Waals surface area contributed by atoms with Gasteiger partial charge in [0.15, 0.2) is 0 Å². The van der Waals surface area contributed by atoms with E-state index in [2.05, 4.69) is 17.6 Å². The Morgan fingerprint density at radius 1 is 1.44 bits per heavy atom. The van der Waals surface area contributed by atoms with Gasteiger partial charge in [-0.3, -0.25) is 4.79 Å². The SMILES string of the molecule is CC1CCCCC1NCC(=O)NCCC#N. The van der Waals surface area contributed by atoms with Gasteiger partial charge in [0.05, 0.1) is 19.0 Å². The van der Waals surface area contributed by atoms with Crippen molar-refractivity contribution in [1.29, 1.82) is 5.26 Å². The average molecular weight is 223 g/mol. The fourth-order valence-electron chi connectivity index (χ4n) is 2.16. The normalized spacial score (nSPS) is 24.8. The standard InChI is InChI=1S/C12H21N3O/c1-10-5-2-3-6-11(10)15-9-12(16)14-8-4-7-13/h10-11,15H,2-6,8-9H2,1H3,(H,14,16). The molecule has 2 unspecified atom stereocenters. The van der Waals surface area contributed by atoms with Crippen molar-refractivity contribution in [3.8, 4) is 6.07 Å². The van der Waals surface area contributed by atoms with Crippen LogP contribution in [-0.4, -0.2) is 25.0 Å².